The van der Waals surface area contributed by atoms with Crippen molar-refractivity contribution in [3.8, 4) is 17.0 Å². The topological polar surface area (TPSA) is 26.5 Å². The smallest absolute Gasteiger partial charge is 0.190 e. The molecule has 1 aromatic heterocycles. The van der Waals surface area contributed by atoms with Gasteiger partial charge in [-0.05, 0) is 48.9 Å². The lowest BCUT2D eigenvalue weighted by Gasteiger charge is -2.04. The van der Waals surface area contributed by atoms with Crippen molar-refractivity contribution in [2.24, 2.45) is 12.0 Å². The van der Waals surface area contributed by atoms with Gasteiger partial charge in [0.15, 0.2) is 4.80 Å². The van der Waals surface area contributed by atoms with Crippen molar-refractivity contribution in [2.75, 3.05) is 7.11 Å². The van der Waals surface area contributed by atoms with Crippen molar-refractivity contribution in [3.63, 3.8) is 0 Å². The first kappa shape index (κ1) is 14.6. The van der Waals surface area contributed by atoms with Gasteiger partial charge in [0.1, 0.15) is 5.75 Å². The summed E-state index contributed by atoms with van der Waals surface area (Å²) in [6, 6.07) is 16.3. The van der Waals surface area contributed by atoms with Gasteiger partial charge in [0.05, 0.1) is 18.5 Å². The molecule has 0 saturated heterocycles. The number of hydrogen-bond donors (Lipinski definition) is 0. The molecule has 1 heterocycles. The molecule has 0 atom stereocenters. The minimum Gasteiger partial charge on any atom is -0.497 e. The number of ether oxygens (including phenoxy) is 1. The van der Waals surface area contributed by atoms with Crippen LogP contribution in [0.4, 0.5) is 5.69 Å². The van der Waals surface area contributed by atoms with E-state index in [1.165, 1.54) is 5.56 Å². The van der Waals surface area contributed by atoms with Gasteiger partial charge in [-0.15, -0.1) is 11.3 Å². The predicted molar refractivity (Wildman–Crippen MR) is 91.7 cm³/mol. The predicted octanol–water partition coefficient (Wildman–Crippen LogP) is 4.30. The van der Waals surface area contributed by atoms with E-state index in [1.54, 1.807) is 18.4 Å². The SMILES string of the molecule is COc1ccc(-c2csc(=Nc3ccc(C)cc3)n2C)cc1. The van der Waals surface area contributed by atoms with E-state index in [0.717, 1.165) is 27.5 Å². The standard InChI is InChI=1S/C18H18N2OS/c1-13-4-8-15(9-5-13)19-18-20(2)17(12-22-18)14-6-10-16(21-3)11-7-14/h4-12H,1-3H3. The molecular weight excluding hydrogens is 292 g/mol. The molecule has 112 valence electrons. The maximum absolute atomic E-state index is 5.21. The Balaban J connectivity index is 1.99. The van der Waals surface area contributed by atoms with Gasteiger partial charge in [0.2, 0.25) is 0 Å². The van der Waals surface area contributed by atoms with E-state index in [1.807, 2.05) is 31.3 Å². The first-order valence-electron chi connectivity index (χ1n) is 7.08. The second kappa shape index (κ2) is 6.20. The van der Waals surface area contributed by atoms with Crippen LogP contribution in [0.5, 0.6) is 5.75 Å². The van der Waals surface area contributed by atoms with Crippen molar-refractivity contribution < 1.29 is 4.74 Å². The lowest BCUT2D eigenvalue weighted by molar-refractivity contribution is 0.415. The van der Waals surface area contributed by atoms with E-state index in [9.17, 15) is 0 Å². The van der Waals surface area contributed by atoms with Crippen LogP contribution in [-0.4, -0.2) is 11.7 Å². The van der Waals surface area contributed by atoms with Gasteiger partial charge in [-0.1, -0.05) is 17.7 Å². The Labute approximate surface area is 134 Å². The quantitative estimate of drug-likeness (QED) is 0.708. The molecule has 3 aromatic rings. The molecule has 0 aliphatic rings. The highest BCUT2D eigenvalue weighted by Gasteiger charge is 2.05. The molecule has 0 amide bonds. The van der Waals surface area contributed by atoms with Crippen LogP contribution in [0.2, 0.25) is 0 Å². The molecule has 0 aliphatic heterocycles. The highest BCUT2D eigenvalue weighted by Crippen LogP contribution is 2.22. The van der Waals surface area contributed by atoms with Crippen LogP contribution < -0.4 is 9.54 Å². The summed E-state index contributed by atoms with van der Waals surface area (Å²) in [5.41, 5.74) is 4.53. The largest absolute Gasteiger partial charge is 0.497 e. The van der Waals surface area contributed by atoms with E-state index < -0.39 is 0 Å². The highest BCUT2D eigenvalue weighted by molar-refractivity contribution is 7.07. The third-order valence-electron chi connectivity index (χ3n) is 3.57. The Morgan fingerprint density at radius 2 is 1.68 bits per heavy atom. The second-order valence-electron chi connectivity index (χ2n) is 5.14. The van der Waals surface area contributed by atoms with Crippen LogP contribution in [-0.2, 0) is 7.05 Å². The summed E-state index contributed by atoms with van der Waals surface area (Å²) in [4.78, 5) is 5.70. The first-order valence-corrected chi connectivity index (χ1v) is 7.95. The molecule has 0 fully saturated rings. The maximum Gasteiger partial charge on any atom is 0.190 e. The summed E-state index contributed by atoms with van der Waals surface area (Å²) < 4.78 is 7.32. The number of benzene rings is 2. The minimum absolute atomic E-state index is 0.867. The van der Waals surface area contributed by atoms with E-state index in [2.05, 4.69) is 41.1 Å². The molecule has 4 heteroatoms. The molecule has 0 saturated carbocycles. The fourth-order valence-electron chi connectivity index (χ4n) is 2.22. The maximum atomic E-state index is 5.21. The molecule has 0 aliphatic carbocycles. The van der Waals surface area contributed by atoms with Gasteiger partial charge in [0.25, 0.3) is 0 Å². The molecule has 3 rings (SSSR count). The van der Waals surface area contributed by atoms with Crippen molar-refractivity contribution >= 4 is 17.0 Å². The van der Waals surface area contributed by atoms with Crippen LogP contribution in [0, 0.1) is 6.92 Å². The zero-order chi connectivity index (χ0) is 15.5. The number of hydrogen-bond acceptors (Lipinski definition) is 3. The molecule has 0 unspecified atom stereocenters. The Kier molecular flexibility index (Phi) is 4.11. The molecule has 3 nitrogen and oxygen atoms in total. The first-order chi connectivity index (χ1) is 10.7. The van der Waals surface area contributed by atoms with Gasteiger partial charge in [0, 0.05) is 12.4 Å². The van der Waals surface area contributed by atoms with Gasteiger partial charge in [-0.25, -0.2) is 4.99 Å². The van der Waals surface area contributed by atoms with Gasteiger partial charge in [-0.3, -0.25) is 0 Å². The number of rotatable bonds is 3. The Bertz CT molecular complexity index is 827. The average Bonchev–Trinajstić information content (AvgIpc) is 2.91. The van der Waals surface area contributed by atoms with Crippen LogP contribution in [0.3, 0.4) is 0 Å². The summed E-state index contributed by atoms with van der Waals surface area (Å²) >= 11 is 1.65. The molecule has 0 N–H and O–H groups in total. The van der Waals surface area contributed by atoms with Crippen LogP contribution in [0.25, 0.3) is 11.3 Å². The lowest BCUT2D eigenvalue weighted by atomic mass is 10.1. The number of methoxy groups -OCH3 is 1. The Morgan fingerprint density at radius 3 is 2.32 bits per heavy atom. The lowest BCUT2D eigenvalue weighted by Crippen LogP contribution is -2.10. The fraction of sp³-hybridized carbons (Fsp3) is 0.167. The molecule has 22 heavy (non-hydrogen) atoms. The summed E-state index contributed by atoms with van der Waals surface area (Å²) in [7, 11) is 3.72. The molecular formula is C18H18N2OS. The summed E-state index contributed by atoms with van der Waals surface area (Å²) in [5, 5.41) is 2.13. The van der Waals surface area contributed by atoms with E-state index in [0.29, 0.717) is 0 Å². The zero-order valence-corrected chi connectivity index (χ0v) is 13.7. The van der Waals surface area contributed by atoms with E-state index in [-0.39, 0.29) is 0 Å². The van der Waals surface area contributed by atoms with Crippen molar-refractivity contribution in [1.82, 2.24) is 4.57 Å². The average molecular weight is 310 g/mol. The molecule has 0 spiro atoms. The normalized spacial score (nSPS) is 11.7. The number of aryl methyl sites for hydroxylation is 1. The zero-order valence-electron chi connectivity index (χ0n) is 12.9. The number of nitrogens with zero attached hydrogens (tertiary/aromatic N) is 2. The third kappa shape index (κ3) is 2.97. The van der Waals surface area contributed by atoms with Crippen molar-refractivity contribution in [3.05, 3.63) is 64.3 Å². The van der Waals surface area contributed by atoms with Gasteiger partial charge >= 0.3 is 0 Å². The Morgan fingerprint density at radius 1 is 1.00 bits per heavy atom. The second-order valence-corrected chi connectivity index (χ2v) is 5.97. The fourth-order valence-corrected chi connectivity index (χ4v) is 3.15. The van der Waals surface area contributed by atoms with Crippen LogP contribution in [0.15, 0.2) is 58.9 Å². The van der Waals surface area contributed by atoms with Crippen LogP contribution >= 0.6 is 11.3 Å². The van der Waals surface area contributed by atoms with E-state index in [4.69, 9.17) is 9.73 Å². The number of aromatic nitrogens is 1. The Hall–Kier alpha value is -2.33. The molecule has 0 radical (unpaired) electrons. The number of thiazole rings is 1. The van der Waals surface area contributed by atoms with Crippen molar-refractivity contribution in [2.45, 2.75) is 6.92 Å². The minimum atomic E-state index is 0.867. The van der Waals surface area contributed by atoms with Gasteiger partial charge in [-0.2, -0.15) is 0 Å². The summed E-state index contributed by atoms with van der Waals surface area (Å²) in [6.07, 6.45) is 0. The van der Waals surface area contributed by atoms with Crippen molar-refractivity contribution in [1.29, 1.82) is 0 Å². The van der Waals surface area contributed by atoms with Gasteiger partial charge < -0.3 is 9.30 Å². The summed E-state index contributed by atoms with van der Waals surface area (Å²) in [5.74, 6) is 0.867. The van der Waals surface area contributed by atoms with E-state index >= 15 is 0 Å². The molecule has 2 aromatic carbocycles. The summed E-state index contributed by atoms with van der Waals surface area (Å²) in [6.45, 7) is 2.08. The monoisotopic (exact) mass is 310 g/mol. The highest BCUT2D eigenvalue weighted by atomic mass is 32.1. The van der Waals surface area contributed by atoms with Crippen LogP contribution in [0.1, 0.15) is 5.56 Å². The third-order valence-corrected chi connectivity index (χ3v) is 4.49. The molecule has 0 bridgehead atoms.